The fourth-order valence-electron chi connectivity index (χ4n) is 2.88. The summed E-state index contributed by atoms with van der Waals surface area (Å²) in [4.78, 5) is 17.3. The zero-order valence-electron chi connectivity index (χ0n) is 11.3. The summed E-state index contributed by atoms with van der Waals surface area (Å²) in [6.45, 7) is 2.97. The van der Waals surface area contributed by atoms with Gasteiger partial charge in [0.1, 0.15) is 5.75 Å². The van der Waals surface area contributed by atoms with Crippen molar-refractivity contribution >= 4 is 11.0 Å². The van der Waals surface area contributed by atoms with E-state index in [9.17, 15) is 4.79 Å². The number of H-pyrrole nitrogens is 1. The Morgan fingerprint density at radius 1 is 1.47 bits per heavy atom. The topological polar surface area (TPSA) is 50.3 Å². The molecule has 0 amide bonds. The van der Waals surface area contributed by atoms with Crippen LogP contribution in [0.3, 0.4) is 0 Å². The Kier molecular flexibility index (Phi) is 3.06. The van der Waals surface area contributed by atoms with Crippen molar-refractivity contribution in [2.24, 2.45) is 5.92 Å². The van der Waals surface area contributed by atoms with Gasteiger partial charge in [-0.1, -0.05) is 0 Å². The second-order valence-electron chi connectivity index (χ2n) is 5.34. The standard InChI is InChI=1S/C14H19N3O2/c1-16-6-5-10(8-16)9-17-13-4-3-11(19-2)7-12(13)15-14(17)18/h3-4,7,10H,5-6,8-9H2,1-2H3,(H,15,18). The van der Waals surface area contributed by atoms with Gasteiger partial charge in [0.25, 0.3) is 0 Å². The van der Waals surface area contributed by atoms with Crippen LogP contribution in [0.5, 0.6) is 5.75 Å². The SMILES string of the molecule is COc1ccc2c(c1)[nH]c(=O)n2CC1CCN(C)C1. The lowest BCUT2D eigenvalue weighted by molar-refractivity contribution is 0.378. The first-order valence-electron chi connectivity index (χ1n) is 6.62. The fraction of sp³-hybridized carbons (Fsp3) is 0.500. The van der Waals surface area contributed by atoms with Crippen molar-refractivity contribution in [3.63, 3.8) is 0 Å². The second kappa shape index (κ2) is 4.74. The average Bonchev–Trinajstić information content (AvgIpc) is 2.94. The van der Waals surface area contributed by atoms with Gasteiger partial charge < -0.3 is 14.6 Å². The van der Waals surface area contributed by atoms with Crippen molar-refractivity contribution in [3.05, 3.63) is 28.7 Å². The molecule has 3 rings (SSSR count). The van der Waals surface area contributed by atoms with Crippen LogP contribution in [-0.2, 0) is 6.54 Å². The molecule has 0 spiro atoms. The highest BCUT2D eigenvalue weighted by Crippen LogP contribution is 2.21. The molecule has 19 heavy (non-hydrogen) atoms. The lowest BCUT2D eigenvalue weighted by Crippen LogP contribution is -2.23. The molecule has 0 radical (unpaired) electrons. The highest BCUT2D eigenvalue weighted by atomic mass is 16.5. The lowest BCUT2D eigenvalue weighted by Gasteiger charge is -2.11. The number of likely N-dealkylation sites (tertiary alicyclic amines) is 1. The number of rotatable bonds is 3. The summed E-state index contributed by atoms with van der Waals surface area (Å²) < 4.78 is 7.03. The van der Waals surface area contributed by atoms with E-state index in [1.807, 2.05) is 22.8 Å². The molecule has 1 aliphatic rings. The van der Waals surface area contributed by atoms with Gasteiger partial charge in [0.2, 0.25) is 0 Å². The van der Waals surface area contributed by atoms with Crippen LogP contribution in [0.15, 0.2) is 23.0 Å². The van der Waals surface area contributed by atoms with Crippen LogP contribution in [0, 0.1) is 5.92 Å². The molecule has 2 aromatic rings. The van der Waals surface area contributed by atoms with E-state index in [1.165, 1.54) is 0 Å². The Labute approximate surface area is 111 Å². The van der Waals surface area contributed by atoms with Crippen LogP contribution in [0.4, 0.5) is 0 Å². The third kappa shape index (κ3) is 2.26. The van der Waals surface area contributed by atoms with Crippen LogP contribution < -0.4 is 10.4 Å². The zero-order chi connectivity index (χ0) is 13.4. The quantitative estimate of drug-likeness (QED) is 0.905. The van der Waals surface area contributed by atoms with Gasteiger partial charge in [-0.15, -0.1) is 0 Å². The number of fused-ring (bicyclic) bond motifs is 1. The monoisotopic (exact) mass is 261 g/mol. The highest BCUT2D eigenvalue weighted by molar-refractivity contribution is 5.76. The van der Waals surface area contributed by atoms with Gasteiger partial charge in [-0.2, -0.15) is 0 Å². The summed E-state index contributed by atoms with van der Waals surface area (Å²) in [5, 5.41) is 0. The number of benzene rings is 1. The Hall–Kier alpha value is -1.75. The molecule has 5 nitrogen and oxygen atoms in total. The zero-order valence-corrected chi connectivity index (χ0v) is 11.3. The van der Waals surface area contributed by atoms with Crippen LogP contribution in [0.25, 0.3) is 11.0 Å². The first-order valence-corrected chi connectivity index (χ1v) is 6.62. The fourth-order valence-corrected chi connectivity index (χ4v) is 2.88. The molecule has 1 N–H and O–H groups in total. The predicted octanol–water partition coefficient (Wildman–Crippen LogP) is 1.29. The molecule has 1 atom stereocenters. The summed E-state index contributed by atoms with van der Waals surface area (Å²) in [5.74, 6) is 1.32. The smallest absolute Gasteiger partial charge is 0.326 e. The number of aromatic amines is 1. The summed E-state index contributed by atoms with van der Waals surface area (Å²) in [7, 11) is 3.76. The number of hydrogen-bond donors (Lipinski definition) is 1. The average molecular weight is 261 g/mol. The van der Waals surface area contributed by atoms with E-state index in [1.54, 1.807) is 7.11 Å². The van der Waals surface area contributed by atoms with Gasteiger partial charge in [-0.3, -0.25) is 4.57 Å². The number of methoxy groups -OCH3 is 1. The van der Waals surface area contributed by atoms with E-state index >= 15 is 0 Å². The van der Waals surface area contributed by atoms with Crippen molar-refractivity contribution in [1.82, 2.24) is 14.5 Å². The summed E-state index contributed by atoms with van der Waals surface area (Å²) in [6, 6.07) is 5.71. The van der Waals surface area contributed by atoms with Crippen molar-refractivity contribution in [1.29, 1.82) is 0 Å². The van der Waals surface area contributed by atoms with E-state index in [2.05, 4.69) is 16.9 Å². The molecule has 1 aromatic heterocycles. The molecule has 0 saturated carbocycles. The minimum atomic E-state index is -0.0298. The van der Waals surface area contributed by atoms with Gasteiger partial charge in [0.05, 0.1) is 18.1 Å². The van der Waals surface area contributed by atoms with Crippen LogP contribution >= 0.6 is 0 Å². The maximum atomic E-state index is 12.1. The van der Waals surface area contributed by atoms with E-state index < -0.39 is 0 Å². The Bertz CT molecular complexity index is 644. The first kappa shape index (κ1) is 12.3. The Balaban J connectivity index is 1.94. The van der Waals surface area contributed by atoms with Gasteiger partial charge >= 0.3 is 5.69 Å². The van der Waals surface area contributed by atoms with Gasteiger partial charge in [0, 0.05) is 19.2 Å². The van der Waals surface area contributed by atoms with Crippen LogP contribution in [0.1, 0.15) is 6.42 Å². The Morgan fingerprint density at radius 3 is 3.00 bits per heavy atom. The number of imidazole rings is 1. The van der Waals surface area contributed by atoms with E-state index in [-0.39, 0.29) is 5.69 Å². The minimum absolute atomic E-state index is 0.0298. The molecule has 5 heteroatoms. The molecular formula is C14H19N3O2. The van der Waals surface area contributed by atoms with Crippen LogP contribution in [0.2, 0.25) is 0 Å². The number of ether oxygens (including phenoxy) is 1. The van der Waals surface area contributed by atoms with Crippen molar-refractivity contribution in [2.45, 2.75) is 13.0 Å². The third-order valence-corrected chi connectivity index (χ3v) is 3.91. The third-order valence-electron chi connectivity index (χ3n) is 3.91. The highest BCUT2D eigenvalue weighted by Gasteiger charge is 2.21. The summed E-state index contributed by atoms with van der Waals surface area (Å²) >= 11 is 0. The van der Waals surface area contributed by atoms with Crippen molar-refractivity contribution < 1.29 is 4.74 Å². The molecular weight excluding hydrogens is 242 g/mol. The van der Waals surface area contributed by atoms with E-state index in [0.29, 0.717) is 5.92 Å². The molecule has 1 unspecified atom stereocenters. The number of nitrogens with zero attached hydrogens (tertiary/aromatic N) is 2. The predicted molar refractivity (Wildman–Crippen MR) is 74.7 cm³/mol. The second-order valence-corrected chi connectivity index (χ2v) is 5.34. The van der Waals surface area contributed by atoms with Gasteiger partial charge in [-0.25, -0.2) is 4.79 Å². The minimum Gasteiger partial charge on any atom is -0.497 e. The molecule has 1 aromatic carbocycles. The molecule has 102 valence electrons. The van der Waals surface area contributed by atoms with Crippen molar-refractivity contribution in [2.75, 3.05) is 27.2 Å². The maximum Gasteiger partial charge on any atom is 0.326 e. The molecule has 0 bridgehead atoms. The number of hydrogen-bond acceptors (Lipinski definition) is 3. The van der Waals surface area contributed by atoms with Crippen LogP contribution in [-0.4, -0.2) is 41.7 Å². The molecule has 1 saturated heterocycles. The van der Waals surface area contributed by atoms with E-state index in [4.69, 9.17) is 4.74 Å². The number of aromatic nitrogens is 2. The molecule has 2 heterocycles. The summed E-state index contributed by atoms with van der Waals surface area (Å²) in [6.07, 6.45) is 1.16. The molecule has 1 fully saturated rings. The normalized spacial score (nSPS) is 20.2. The van der Waals surface area contributed by atoms with Gasteiger partial charge in [0.15, 0.2) is 0 Å². The lowest BCUT2D eigenvalue weighted by atomic mass is 10.1. The first-order chi connectivity index (χ1) is 9.17. The largest absolute Gasteiger partial charge is 0.497 e. The van der Waals surface area contributed by atoms with Gasteiger partial charge in [-0.05, 0) is 38.1 Å². The molecule has 0 aliphatic carbocycles. The van der Waals surface area contributed by atoms with Crippen molar-refractivity contribution in [3.8, 4) is 5.75 Å². The Morgan fingerprint density at radius 2 is 2.32 bits per heavy atom. The van der Waals surface area contributed by atoms with E-state index in [0.717, 1.165) is 42.8 Å². The maximum absolute atomic E-state index is 12.1. The summed E-state index contributed by atoms with van der Waals surface area (Å²) in [5.41, 5.74) is 1.77. The molecule has 1 aliphatic heterocycles. The number of nitrogens with one attached hydrogen (secondary N) is 1.